The maximum Gasteiger partial charge on any atom is -0.00865 e. The molecule has 0 amide bonds. The molecule has 3 aliphatic rings. The molecule has 8 bridgehead atoms. The summed E-state index contributed by atoms with van der Waals surface area (Å²) >= 11 is 0. The molecule has 8 aromatic carbocycles. The lowest BCUT2D eigenvalue weighted by Gasteiger charge is -2.39. The van der Waals surface area contributed by atoms with Gasteiger partial charge in [0.25, 0.3) is 0 Å². The van der Waals surface area contributed by atoms with Gasteiger partial charge in [-0.3, -0.25) is 0 Å². The van der Waals surface area contributed by atoms with Gasteiger partial charge >= 0.3 is 0 Å². The van der Waals surface area contributed by atoms with Crippen LogP contribution in [0.25, 0.3) is 65.3 Å². The highest BCUT2D eigenvalue weighted by atomic mass is 14.4. The van der Waals surface area contributed by atoms with Gasteiger partial charge in [-0.15, -0.1) is 0 Å². The molecule has 11 rings (SSSR count). The summed E-state index contributed by atoms with van der Waals surface area (Å²) in [5.74, 6) is 1.01. The third kappa shape index (κ3) is 5.19. The average Bonchev–Trinajstić information content (AvgIpc) is 3.17. The van der Waals surface area contributed by atoms with Crippen molar-refractivity contribution in [3.05, 3.63) is 168 Å². The smallest absolute Gasteiger partial charge is 0.00865 e. The molecule has 2 atom stereocenters. The van der Waals surface area contributed by atoms with Gasteiger partial charge in [0.15, 0.2) is 0 Å². The second-order valence-electron chi connectivity index (χ2n) is 15.2. The predicted octanol–water partition coefficient (Wildman–Crippen LogP) is 14.3. The first-order valence-corrected chi connectivity index (χ1v) is 19.4. The maximum atomic E-state index is 2.48. The molecule has 0 nitrogen and oxygen atoms in total. The van der Waals surface area contributed by atoms with Crippen molar-refractivity contribution >= 4 is 43.1 Å². The Morgan fingerprint density at radius 2 is 0.588 bits per heavy atom. The largest absolute Gasteiger partial charge is 0.0616 e. The number of fused-ring (bicyclic) bond motifs is 10. The molecule has 0 aromatic heterocycles. The molecule has 0 heterocycles. The molecule has 0 aliphatic heterocycles. The second kappa shape index (κ2) is 12.8. The highest BCUT2D eigenvalue weighted by Gasteiger charge is 2.35. The van der Waals surface area contributed by atoms with Crippen molar-refractivity contribution in [3.8, 4) is 22.3 Å². The third-order valence-corrected chi connectivity index (χ3v) is 12.5. The van der Waals surface area contributed by atoms with Crippen LogP contribution in [0.4, 0.5) is 0 Å². The van der Waals surface area contributed by atoms with Gasteiger partial charge in [-0.05, 0) is 138 Å². The molecule has 3 aliphatic carbocycles. The zero-order chi connectivity index (χ0) is 33.7. The van der Waals surface area contributed by atoms with Gasteiger partial charge in [0.05, 0.1) is 0 Å². The minimum absolute atomic E-state index is 0.506. The van der Waals surface area contributed by atoms with E-state index in [1.54, 1.807) is 0 Å². The van der Waals surface area contributed by atoms with Gasteiger partial charge in [-0.25, -0.2) is 0 Å². The molecule has 0 saturated heterocycles. The quantitative estimate of drug-likeness (QED) is 0.152. The van der Waals surface area contributed by atoms with E-state index < -0.39 is 0 Å². The van der Waals surface area contributed by atoms with Crippen LogP contribution in [-0.4, -0.2) is 0 Å². The van der Waals surface area contributed by atoms with Crippen molar-refractivity contribution in [1.29, 1.82) is 0 Å². The third-order valence-electron chi connectivity index (χ3n) is 12.5. The average molecular weight is 657 g/mol. The highest BCUT2D eigenvalue weighted by molar-refractivity contribution is 6.09. The molecule has 0 heteroatoms. The van der Waals surface area contributed by atoms with E-state index >= 15 is 0 Å². The lowest BCUT2D eigenvalue weighted by Crippen LogP contribution is -2.22. The summed E-state index contributed by atoms with van der Waals surface area (Å²) in [6, 6.07) is 56.2. The van der Waals surface area contributed by atoms with Crippen molar-refractivity contribution in [1.82, 2.24) is 0 Å². The van der Waals surface area contributed by atoms with Gasteiger partial charge in [-0.1, -0.05) is 165 Å². The van der Waals surface area contributed by atoms with Crippen LogP contribution >= 0.6 is 0 Å². The first-order valence-electron chi connectivity index (χ1n) is 19.4. The first kappa shape index (κ1) is 30.6. The van der Waals surface area contributed by atoms with E-state index in [1.165, 1.54) is 133 Å². The molecule has 0 spiro atoms. The van der Waals surface area contributed by atoms with Crippen LogP contribution in [0.15, 0.2) is 146 Å². The van der Waals surface area contributed by atoms with Crippen molar-refractivity contribution in [2.45, 2.75) is 69.6 Å². The maximum absolute atomic E-state index is 2.48. The molecule has 1 fully saturated rings. The van der Waals surface area contributed by atoms with E-state index in [-0.39, 0.29) is 0 Å². The predicted molar refractivity (Wildman–Crippen MR) is 219 cm³/mol. The van der Waals surface area contributed by atoms with E-state index in [0.717, 1.165) is 12.8 Å². The Morgan fingerprint density at radius 3 is 0.980 bits per heavy atom. The molecule has 8 aromatic rings. The van der Waals surface area contributed by atoms with E-state index in [1.807, 2.05) is 0 Å². The summed E-state index contributed by atoms with van der Waals surface area (Å²) in [5, 5.41) is 11.2. The Morgan fingerprint density at radius 1 is 0.275 bits per heavy atom. The van der Waals surface area contributed by atoms with Crippen LogP contribution < -0.4 is 0 Å². The standard InChI is InChI=1S/C51H44/c1-2-4-14-34-24-26-44(38-18-8-6-16-36(34)38)46-28-30-48(42-22-12-10-20-40(42)46)50-32-33-51(50)49-31-29-47(41-21-11-13-23-43(41)49)45-27-25-35(15-5-3-1)37-17-7-9-19-39(37)45/h6-13,16-31,50-51H,1-5,14-15,32-33H2. The van der Waals surface area contributed by atoms with Gasteiger partial charge in [0, 0.05) is 0 Å². The summed E-state index contributed by atoms with van der Waals surface area (Å²) in [6.45, 7) is 0. The summed E-state index contributed by atoms with van der Waals surface area (Å²) < 4.78 is 0. The Kier molecular flexibility index (Phi) is 7.71. The van der Waals surface area contributed by atoms with Crippen LogP contribution in [0, 0.1) is 0 Å². The fourth-order valence-corrected chi connectivity index (χ4v) is 9.80. The zero-order valence-corrected chi connectivity index (χ0v) is 29.4. The molecular formula is C51H44. The number of hydrogen-bond donors (Lipinski definition) is 0. The first-order chi connectivity index (χ1) is 25.3. The number of hydrogen-bond acceptors (Lipinski definition) is 0. The van der Waals surface area contributed by atoms with Gasteiger partial charge in [-0.2, -0.15) is 0 Å². The Hall–Kier alpha value is -5.20. The molecule has 0 N–H and O–H groups in total. The number of rotatable bonds is 0. The lowest BCUT2D eigenvalue weighted by atomic mass is 9.65. The number of benzene rings is 8. The Bertz CT molecular complexity index is 2410. The second-order valence-corrected chi connectivity index (χ2v) is 15.2. The summed E-state index contributed by atoms with van der Waals surface area (Å²) in [5.41, 5.74) is 11.4. The topological polar surface area (TPSA) is 0 Å². The van der Waals surface area contributed by atoms with Gasteiger partial charge in [0.2, 0.25) is 0 Å². The van der Waals surface area contributed by atoms with Crippen LogP contribution in [0.1, 0.15) is 79.0 Å². The summed E-state index contributed by atoms with van der Waals surface area (Å²) in [7, 11) is 0. The zero-order valence-electron chi connectivity index (χ0n) is 29.4. The van der Waals surface area contributed by atoms with E-state index in [4.69, 9.17) is 0 Å². The molecule has 2 unspecified atom stereocenters. The van der Waals surface area contributed by atoms with Gasteiger partial charge in [0.1, 0.15) is 0 Å². The molecule has 0 radical (unpaired) electrons. The highest BCUT2D eigenvalue weighted by Crippen LogP contribution is 2.53. The molecule has 1 saturated carbocycles. The van der Waals surface area contributed by atoms with E-state index in [0.29, 0.717) is 11.8 Å². The van der Waals surface area contributed by atoms with Crippen molar-refractivity contribution in [2.75, 3.05) is 0 Å². The molecule has 248 valence electrons. The van der Waals surface area contributed by atoms with Crippen molar-refractivity contribution in [3.63, 3.8) is 0 Å². The number of aryl methyl sites for hydroxylation is 2. The Balaban J connectivity index is 1.15. The van der Waals surface area contributed by atoms with Crippen LogP contribution in [0.3, 0.4) is 0 Å². The minimum atomic E-state index is 0.506. The fraction of sp³-hybridized carbons (Fsp3) is 0.216. The fourth-order valence-electron chi connectivity index (χ4n) is 9.80. The Labute approximate surface area is 301 Å². The van der Waals surface area contributed by atoms with Crippen molar-refractivity contribution < 1.29 is 0 Å². The van der Waals surface area contributed by atoms with Gasteiger partial charge < -0.3 is 0 Å². The van der Waals surface area contributed by atoms with Crippen LogP contribution in [-0.2, 0) is 12.8 Å². The molecule has 51 heavy (non-hydrogen) atoms. The van der Waals surface area contributed by atoms with Crippen LogP contribution in [0.2, 0.25) is 0 Å². The lowest BCUT2D eigenvalue weighted by molar-refractivity contribution is 0.350. The minimum Gasteiger partial charge on any atom is -0.0616 e. The normalized spacial score (nSPS) is 17.9. The van der Waals surface area contributed by atoms with E-state index in [2.05, 4.69) is 146 Å². The van der Waals surface area contributed by atoms with Crippen LogP contribution in [0.5, 0.6) is 0 Å². The summed E-state index contributed by atoms with van der Waals surface area (Å²) in [6.07, 6.45) is 11.1. The molecular weight excluding hydrogens is 613 g/mol. The van der Waals surface area contributed by atoms with E-state index in [9.17, 15) is 0 Å². The monoisotopic (exact) mass is 656 g/mol. The SMILES string of the molecule is c1ccc2c3ccc(c2c1)CCCCCCCc1ccc(c2ccccc12)-c1ccc(c2ccccc12)C1CCC1c1ccc-3c2ccccc12. The van der Waals surface area contributed by atoms with Crippen molar-refractivity contribution in [2.24, 2.45) is 0 Å². The summed E-state index contributed by atoms with van der Waals surface area (Å²) in [4.78, 5) is 0.